The molecule has 0 aliphatic carbocycles. The molecule has 0 radical (unpaired) electrons. The minimum atomic E-state index is -0.560. The van der Waals surface area contributed by atoms with E-state index in [0.29, 0.717) is 6.42 Å². The Morgan fingerprint density at radius 3 is 2.08 bits per heavy atom. The number of carbonyl (C=O) groups is 1. The number of nitrogens with zero attached hydrogens (tertiary/aromatic N) is 1. The van der Waals surface area contributed by atoms with Gasteiger partial charge in [0.25, 0.3) is 0 Å². The molecule has 0 aromatic heterocycles. The Morgan fingerprint density at radius 1 is 1.46 bits per heavy atom. The Bertz CT molecular complexity index is 236. The number of amides is 1. The van der Waals surface area contributed by atoms with Gasteiger partial charge in [-0.2, -0.15) is 5.06 Å². The Kier molecular flexibility index (Phi) is 2.16. The molecule has 1 rings (SSSR count). The van der Waals surface area contributed by atoms with Gasteiger partial charge in [-0.25, -0.2) is 0 Å². The first kappa shape index (κ1) is 10.5. The molecule has 1 aliphatic heterocycles. The fraction of sp³-hybridized carbons (Fsp3) is 0.889. The van der Waals surface area contributed by atoms with E-state index >= 15 is 0 Å². The molecule has 4 nitrogen and oxygen atoms in total. The maximum Gasteiger partial charge on any atom is 0.222 e. The molecule has 0 aromatic carbocycles. The number of hydrogen-bond acceptors (Lipinski definition) is 3. The minimum absolute atomic E-state index is 0.285. The molecule has 0 saturated carbocycles. The lowest BCUT2D eigenvalue weighted by molar-refractivity contribution is -0.197. The van der Waals surface area contributed by atoms with Crippen LogP contribution in [0.5, 0.6) is 0 Å². The van der Waals surface area contributed by atoms with Crippen LogP contribution in [0.4, 0.5) is 0 Å². The van der Waals surface area contributed by atoms with Gasteiger partial charge in [0.05, 0.1) is 11.5 Å². The monoisotopic (exact) mass is 186 g/mol. The number of hydroxylamine groups is 2. The molecular formula is C9H18N2O2. The maximum atomic E-state index is 11.1. The van der Waals surface area contributed by atoms with Gasteiger partial charge in [0.2, 0.25) is 5.91 Å². The molecular weight excluding hydrogens is 168 g/mol. The van der Waals surface area contributed by atoms with Crippen LogP contribution in [-0.4, -0.2) is 27.3 Å². The Morgan fingerprint density at radius 2 is 1.92 bits per heavy atom. The van der Waals surface area contributed by atoms with E-state index in [2.05, 4.69) is 0 Å². The molecule has 1 atom stereocenters. The van der Waals surface area contributed by atoms with E-state index in [4.69, 9.17) is 5.73 Å². The second-order valence-corrected chi connectivity index (χ2v) is 4.94. The summed E-state index contributed by atoms with van der Waals surface area (Å²) in [5.74, 6) is -0.623. The molecule has 1 heterocycles. The normalized spacial score (nSPS) is 31.9. The third kappa shape index (κ3) is 1.44. The van der Waals surface area contributed by atoms with Crippen molar-refractivity contribution < 1.29 is 10.0 Å². The Hall–Kier alpha value is -0.610. The summed E-state index contributed by atoms with van der Waals surface area (Å²) in [5, 5.41) is 11.1. The first-order chi connectivity index (χ1) is 5.69. The molecule has 1 amide bonds. The topological polar surface area (TPSA) is 66.6 Å². The van der Waals surface area contributed by atoms with Crippen LogP contribution in [0.15, 0.2) is 0 Å². The summed E-state index contributed by atoms with van der Waals surface area (Å²) in [4.78, 5) is 11.1. The zero-order chi connectivity index (χ0) is 10.4. The van der Waals surface area contributed by atoms with Crippen LogP contribution >= 0.6 is 0 Å². The first-order valence-corrected chi connectivity index (χ1v) is 4.48. The van der Waals surface area contributed by atoms with E-state index in [1.54, 1.807) is 0 Å². The fourth-order valence-electron chi connectivity index (χ4n) is 2.21. The maximum absolute atomic E-state index is 11.1. The SMILES string of the molecule is CC1(C)C[C@H](C(N)=O)C(C)(C)N1O. The lowest BCUT2D eigenvalue weighted by atomic mass is 9.86. The molecule has 0 bridgehead atoms. The number of primary amides is 1. The van der Waals surface area contributed by atoms with Crippen molar-refractivity contribution >= 4 is 5.91 Å². The molecule has 1 aliphatic rings. The number of carbonyl (C=O) groups excluding carboxylic acids is 1. The molecule has 0 spiro atoms. The molecule has 13 heavy (non-hydrogen) atoms. The lowest BCUT2D eigenvalue weighted by Crippen LogP contribution is -2.49. The molecule has 3 N–H and O–H groups in total. The van der Waals surface area contributed by atoms with Crippen LogP contribution in [0.1, 0.15) is 34.1 Å². The zero-order valence-corrected chi connectivity index (χ0v) is 8.66. The smallest absolute Gasteiger partial charge is 0.222 e. The van der Waals surface area contributed by atoms with E-state index in [1.807, 2.05) is 27.7 Å². The summed E-state index contributed by atoms with van der Waals surface area (Å²) in [5.41, 5.74) is 4.35. The molecule has 4 heteroatoms. The number of nitrogens with two attached hydrogens (primary N) is 1. The van der Waals surface area contributed by atoms with Crippen LogP contribution in [0.25, 0.3) is 0 Å². The minimum Gasteiger partial charge on any atom is -0.369 e. The van der Waals surface area contributed by atoms with Crippen molar-refractivity contribution in [2.45, 2.75) is 45.2 Å². The lowest BCUT2D eigenvalue weighted by Gasteiger charge is -2.35. The Balaban J connectivity index is 3.00. The average molecular weight is 186 g/mol. The van der Waals surface area contributed by atoms with Crippen molar-refractivity contribution in [3.63, 3.8) is 0 Å². The van der Waals surface area contributed by atoms with Gasteiger partial charge in [-0.15, -0.1) is 0 Å². The van der Waals surface area contributed by atoms with E-state index < -0.39 is 5.54 Å². The highest BCUT2D eigenvalue weighted by atomic mass is 16.5. The first-order valence-electron chi connectivity index (χ1n) is 4.48. The molecule has 1 fully saturated rings. The molecule has 0 unspecified atom stereocenters. The standard InChI is InChI=1S/C9H18N2O2/c1-8(2)5-6(7(10)12)9(3,4)11(8)13/h6,13H,5H2,1-4H3,(H2,10,12)/t6-/m1/s1. The average Bonchev–Trinajstić information content (AvgIpc) is 2.11. The van der Waals surface area contributed by atoms with Gasteiger partial charge in [-0.3, -0.25) is 4.79 Å². The third-order valence-electron chi connectivity index (χ3n) is 3.02. The summed E-state index contributed by atoms with van der Waals surface area (Å²) in [6, 6.07) is 0. The van der Waals surface area contributed by atoms with Crippen molar-refractivity contribution in [1.82, 2.24) is 5.06 Å². The summed E-state index contributed by atoms with van der Waals surface area (Å²) < 4.78 is 0. The van der Waals surface area contributed by atoms with Crippen LogP contribution in [0.3, 0.4) is 0 Å². The molecule has 76 valence electrons. The largest absolute Gasteiger partial charge is 0.369 e. The Labute approximate surface area is 78.7 Å². The van der Waals surface area contributed by atoms with Crippen molar-refractivity contribution in [2.24, 2.45) is 11.7 Å². The predicted molar refractivity (Wildman–Crippen MR) is 49.1 cm³/mol. The van der Waals surface area contributed by atoms with Crippen LogP contribution in [0, 0.1) is 5.92 Å². The van der Waals surface area contributed by atoms with Gasteiger partial charge in [0, 0.05) is 5.54 Å². The summed E-state index contributed by atoms with van der Waals surface area (Å²) in [6.45, 7) is 7.46. The van der Waals surface area contributed by atoms with Gasteiger partial charge in [0.15, 0.2) is 0 Å². The van der Waals surface area contributed by atoms with E-state index in [0.717, 1.165) is 0 Å². The van der Waals surface area contributed by atoms with Crippen molar-refractivity contribution in [3.8, 4) is 0 Å². The fourth-order valence-corrected chi connectivity index (χ4v) is 2.21. The second-order valence-electron chi connectivity index (χ2n) is 4.94. The summed E-state index contributed by atoms with van der Waals surface area (Å²) in [6.07, 6.45) is 0.603. The van der Waals surface area contributed by atoms with Crippen molar-refractivity contribution in [3.05, 3.63) is 0 Å². The summed E-state index contributed by atoms with van der Waals surface area (Å²) in [7, 11) is 0. The van der Waals surface area contributed by atoms with Gasteiger partial charge >= 0.3 is 0 Å². The van der Waals surface area contributed by atoms with Crippen LogP contribution in [0.2, 0.25) is 0 Å². The van der Waals surface area contributed by atoms with E-state index in [1.165, 1.54) is 5.06 Å². The van der Waals surface area contributed by atoms with Gasteiger partial charge < -0.3 is 10.9 Å². The zero-order valence-electron chi connectivity index (χ0n) is 8.66. The number of rotatable bonds is 1. The van der Waals surface area contributed by atoms with Crippen LogP contribution in [-0.2, 0) is 4.79 Å². The predicted octanol–water partition coefficient (Wildman–Crippen LogP) is 0.740. The molecule has 0 aromatic rings. The van der Waals surface area contributed by atoms with Gasteiger partial charge in [-0.05, 0) is 34.1 Å². The van der Waals surface area contributed by atoms with Crippen molar-refractivity contribution in [1.29, 1.82) is 0 Å². The van der Waals surface area contributed by atoms with Gasteiger partial charge in [0.1, 0.15) is 0 Å². The molecule has 1 saturated heterocycles. The van der Waals surface area contributed by atoms with Gasteiger partial charge in [-0.1, -0.05) is 0 Å². The van der Waals surface area contributed by atoms with E-state index in [9.17, 15) is 10.0 Å². The highest BCUT2D eigenvalue weighted by Gasteiger charge is 2.53. The quantitative estimate of drug-likeness (QED) is 0.634. The highest BCUT2D eigenvalue weighted by Crippen LogP contribution is 2.43. The van der Waals surface area contributed by atoms with Crippen molar-refractivity contribution in [2.75, 3.05) is 0 Å². The van der Waals surface area contributed by atoms with E-state index in [-0.39, 0.29) is 17.4 Å². The summed E-state index contributed by atoms with van der Waals surface area (Å²) >= 11 is 0. The third-order valence-corrected chi connectivity index (χ3v) is 3.02. The van der Waals surface area contributed by atoms with Crippen LogP contribution < -0.4 is 5.73 Å². The second kappa shape index (κ2) is 2.69. The number of hydrogen-bond donors (Lipinski definition) is 2. The highest BCUT2D eigenvalue weighted by molar-refractivity contribution is 5.78.